The summed E-state index contributed by atoms with van der Waals surface area (Å²) in [6.07, 6.45) is 0. The zero-order valence-electron chi connectivity index (χ0n) is 18.4. The van der Waals surface area contributed by atoms with Gasteiger partial charge in [-0.15, -0.1) is 0 Å². The van der Waals surface area contributed by atoms with E-state index in [2.05, 4.69) is 0 Å². The van der Waals surface area contributed by atoms with Gasteiger partial charge >= 0.3 is 11.9 Å². The van der Waals surface area contributed by atoms with Gasteiger partial charge in [0.15, 0.2) is 0 Å². The minimum atomic E-state index is -1.21. The van der Waals surface area contributed by atoms with Crippen LogP contribution in [0, 0.1) is 0 Å². The molecule has 0 spiro atoms. The lowest BCUT2D eigenvalue weighted by atomic mass is 10.1. The minimum absolute atomic E-state index is 0.0563. The number of carboxylic acids is 2. The summed E-state index contributed by atoms with van der Waals surface area (Å²) in [6, 6.07) is 14.3. The van der Waals surface area contributed by atoms with E-state index in [0.717, 1.165) is 9.13 Å². The maximum absolute atomic E-state index is 13.1. The molecule has 5 aromatic rings. The number of aromatic carboxylic acids is 2. The van der Waals surface area contributed by atoms with E-state index >= 15 is 0 Å². The highest BCUT2D eigenvalue weighted by Crippen LogP contribution is 2.17. The Morgan fingerprint density at radius 2 is 0.861 bits per heavy atom. The van der Waals surface area contributed by atoms with Crippen LogP contribution in [0.4, 0.5) is 0 Å². The molecule has 0 saturated heterocycles. The molecule has 2 aromatic heterocycles. The van der Waals surface area contributed by atoms with Crippen LogP contribution < -0.4 is 22.2 Å². The highest BCUT2D eigenvalue weighted by molar-refractivity contribution is 5.98. The molecule has 0 atom stereocenters. The fourth-order valence-electron chi connectivity index (χ4n) is 4.44. The molecule has 5 rings (SSSR count). The van der Waals surface area contributed by atoms with Crippen LogP contribution in [-0.2, 0) is 13.1 Å². The second kappa shape index (κ2) is 8.27. The summed E-state index contributed by atoms with van der Waals surface area (Å²) in [5, 5.41) is 18.5. The predicted octanol–water partition coefficient (Wildman–Crippen LogP) is 1.41. The normalized spacial score (nSPS) is 11.3. The summed E-state index contributed by atoms with van der Waals surface area (Å²) in [4.78, 5) is 75.2. The molecular weight excluding hydrogens is 468 g/mol. The summed E-state index contributed by atoms with van der Waals surface area (Å²) >= 11 is 0. The molecule has 0 aliphatic carbocycles. The minimum Gasteiger partial charge on any atom is -0.478 e. The Labute approximate surface area is 200 Å². The number of nitrogens with zero attached hydrogens (tertiary/aromatic N) is 2. The van der Waals surface area contributed by atoms with Gasteiger partial charge in [0, 0.05) is 0 Å². The molecule has 10 nitrogen and oxygen atoms in total. The Bertz CT molecular complexity index is 1720. The number of aromatic nitrogens is 2. The average molecular weight is 484 g/mol. The standard InChI is InChI=1S/C26H16N2O8/c29-21-17-9-19-20(24(32)28(23(19)31)12-14-6-2-4-8-16(14)26(35)36)10-18(17)22(30)27(21)11-13-5-1-3-7-15(13)25(33)34/h1-10H,11-12H2,(H,33,34)(H,35,36). The third kappa shape index (κ3) is 3.43. The van der Waals surface area contributed by atoms with Gasteiger partial charge < -0.3 is 10.2 Å². The van der Waals surface area contributed by atoms with Gasteiger partial charge in [-0.25, -0.2) is 9.59 Å². The first-order valence-corrected chi connectivity index (χ1v) is 10.7. The second-order valence-corrected chi connectivity index (χ2v) is 8.26. The zero-order valence-corrected chi connectivity index (χ0v) is 18.4. The van der Waals surface area contributed by atoms with Crippen molar-refractivity contribution in [1.82, 2.24) is 9.13 Å². The molecule has 0 aliphatic heterocycles. The molecule has 0 bridgehead atoms. The van der Waals surface area contributed by atoms with Crippen molar-refractivity contribution in [3.63, 3.8) is 0 Å². The SMILES string of the molecule is O=C(O)c1ccccc1Cn1c(=O)c2cc3c(=O)n(Cc4ccccc4C(=O)O)c(=O)c3cc2c1=O. The van der Waals surface area contributed by atoms with E-state index in [1.807, 2.05) is 0 Å². The molecule has 36 heavy (non-hydrogen) atoms. The highest BCUT2D eigenvalue weighted by atomic mass is 16.4. The van der Waals surface area contributed by atoms with Gasteiger partial charge in [-0.3, -0.25) is 28.3 Å². The zero-order chi connectivity index (χ0) is 25.7. The topological polar surface area (TPSA) is 153 Å². The number of hydrogen-bond donors (Lipinski definition) is 2. The van der Waals surface area contributed by atoms with Gasteiger partial charge in [0.1, 0.15) is 0 Å². The predicted molar refractivity (Wildman–Crippen MR) is 130 cm³/mol. The first-order chi connectivity index (χ1) is 17.2. The Morgan fingerprint density at radius 1 is 0.556 bits per heavy atom. The van der Waals surface area contributed by atoms with Crippen LogP contribution in [0.1, 0.15) is 31.8 Å². The van der Waals surface area contributed by atoms with E-state index in [4.69, 9.17) is 0 Å². The van der Waals surface area contributed by atoms with E-state index in [1.54, 1.807) is 12.1 Å². The van der Waals surface area contributed by atoms with Gasteiger partial charge in [0.05, 0.1) is 45.8 Å². The van der Waals surface area contributed by atoms with E-state index in [1.165, 1.54) is 48.5 Å². The first-order valence-electron chi connectivity index (χ1n) is 10.7. The van der Waals surface area contributed by atoms with Gasteiger partial charge in [-0.2, -0.15) is 0 Å². The van der Waals surface area contributed by atoms with Crippen molar-refractivity contribution in [2.24, 2.45) is 0 Å². The molecule has 3 aromatic carbocycles. The van der Waals surface area contributed by atoms with Crippen molar-refractivity contribution < 1.29 is 19.8 Å². The summed E-state index contributed by atoms with van der Waals surface area (Å²) < 4.78 is 1.74. The lowest BCUT2D eigenvalue weighted by Gasteiger charge is -2.05. The smallest absolute Gasteiger partial charge is 0.336 e. The van der Waals surface area contributed by atoms with Crippen molar-refractivity contribution in [3.8, 4) is 0 Å². The van der Waals surface area contributed by atoms with Crippen molar-refractivity contribution in [1.29, 1.82) is 0 Å². The van der Waals surface area contributed by atoms with Gasteiger partial charge in [0.2, 0.25) is 0 Å². The van der Waals surface area contributed by atoms with E-state index in [0.29, 0.717) is 0 Å². The molecule has 0 aliphatic rings. The molecule has 0 fully saturated rings. The molecule has 178 valence electrons. The maximum atomic E-state index is 13.1. The van der Waals surface area contributed by atoms with Crippen LogP contribution >= 0.6 is 0 Å². The van der Waals surface area contributed by atoms with Crippen LogP contribution in [0.25, 0.3) is 21.5 Å². The molecule has 0 radical (unpaired) electrons. The summed E-state index contributed by atoms with van der Waals surface area (Å²) in [6.45, 7) is -0.584. The van der Waals surface area contributed by atoms with Crippen molar-refractivity contribution in [3.05, 3.63) is 124 Å². The number of hydrogen-bond acceptors (Lipinski definition) is 6. The van der Waals surface area contributed by atoms with Crippen molar-refractivity contribution in [2.45, 2.75) is 13.1 Å². The molecule has 0 unspecified atom stereocenters. The van der Waals surface area contributed by atoms with Crippen LogP contribution in [0.15, 0.2) is 79.8 Å². The Morgan fingerprint density at radius 3 is 1.17 bits per heavy atom. The number of carbonyl (C=O) groups is 2. The molecule has 10 heteroatoms. The Kier molecular flexibility index (Phi) is 5.21. The van der Waals surface area contributed by atoms with Gasteiger partial charge in [0.25, 0.3) is 22.2 Å². The molecule has 0 saturated carbocycles. The average Bonchev–Trinajstić information content (AvgIpc) is 3.23. The third-order valence-electron chi connectivity index (χ3n) is 6.21. The van der Waals surface area contributed by atoms with E-state index in [9.17, 15) is 39.0 Å². The molecular formula is C26H16N2O8. The molecule has 2 heterocycles. The largest absolute Gasteiger partial charge is 0.478 e. The maximum Gasteiger partial charge on any atom is 0.336 e. The number of carboxylic acid groups (broad SMARTS) is 2. The van der Waals surface area contributed by atoms with Crippen LogP contribution in [-0.4, -0.2) is 31.3 Å². The fourth-order valence-corrected chi connectivity index (χ4v) is 4.44. The Hall–Kier alpha value is -5.12. The van der Waals surface area contributed by atoms with Crippen LogP contribution in [0.3, 0.4) is 0 Å². The molecule has 0 amide bonds. The van der Waals surface area contributed by atoms with Crippen molar-refractivity contribution >= 4 is 33.5 Å². The van der Waals surface area contributed by atoms with E-state index in [-0.39, 0.29) is 56.9 Å². The van der Waals surface area contributed by atoms with Gasteiger partial charge in [-0.05, 0) is 35.4 Å². The quantitative estimate of drug-likeness (QED) is 0.367. The summed E-state index contributed by atoms with van der Waals surface area (Å²) in [7, 11) is 0. The van der Waals surface area contributed by atoms with Crippen LogP contribution in [0.2, 0.25) is 0 Å². The number of benzene rings is 3. The fraction of sp³-hybridized carbons (Fsp3) is 0.0769. The van der Waals surface area contributed by atoms with Gasteiger partial charge in [-0.1, -0.05) is 36.4 Å². The second-order valence-electron chi connectivity index (χ2n) is 8.26. The number of rotatable bonds is 6. The lowest BCUT2D eigenvalue weighted by Crippen LogP contribution is -2.27. The molecule has 2 N–H and O–H groups in total. The lowest BCUT2D eigenvalue weighted by molar-refractivity contribution is 0.0684. The Balaban J connectivity index is 1.66. The summed E-state index contributed by atoms with van der Waals surface area (Å²) in [5.41, 5.74) is -2.47. The first kappa shape index (κ1) is 22.7. The monoisotopic (exact) mass is 484 g/mol. The number of fused-ring (bicyclic) bond motifs is 2. The summed E-state index contributed by atoms with van der Waals surface area (Å²) in [5.74, 6) is -2.41. The third-order valence-corrected chi connectivity index (χ3v) is 6.21. The van der Waals surface area contributed by atoms with Crippen LogP contribution in [0.5, 0.6) is 0 Å². The van der Waals surface area contributed by atoms with E-state index < -0.39 is 34.2 Å². The highest BCUT2D eigenvalue weighted by Gasteiger charge is 2.21. The van der Waals surface area contributed by atoms with Crippen molar-refractivity contribution in [2.75, 3.05) is 0 Å².